The highest BCUT2D eigenvalue weighted by Crippen LogP contribution is 2.56. The van der Waals surface area contributed by atoms with E-state index in [0.717, 1.165) is 33.9 Å². The van der Waals surface area contributed by atoms with Crippen molar-refractivity contribution in [3.63, 3.8) is 0 Å². The quantitative estimate of drug-likeness (QED) is 0.251. The molecule has 0 radical (unpaired) electrons. The second-order valence-corrected chi connectivity index (χ2v) is 10.4. The molecule has 0 saturated carbocycles. The molecule has 4 aromatic carbocycles. The standard InChI is InChI=1S/C37H25N3O/c41-34-19-6-3-15-29(34)32-18-10-20-35(38-32)37(30-16-4-1-13-27(30)28-14-2-5-17-31(28)37)26-12-9-11-25(23-26)33-24-40-22-8-7-21-36(40)39-33/h1-24,41H. The van der Waals surface area contributed by atoms with Crippen molar-refractivity contribution in [2.45, 2.75) is 5.41 Å². The average Bonchev–Trinajstić information content (AvgIpc) is 3.60. The number of benzene rings is 4. The summed E-state index contributed by atoms with van der Waals surface area (Å²) in [6, 6.07) is 45.5. The topological polar surface area (TPSA) is 50.4 Å². The molecule has 4 nitrogen and oxygen atoms in total. The van der Waals surface area contributed by atoms with Gasteiger partial charge in [-0.25, -0.2) is 4.98 Å². The van der Waals surface area contributed by atoms with Crippen molar-refractivity contribution in [3.05, 3.63) is 168 Å². The molecule has 8 rings (SSSR count). The SMILES string of the molecule is Oc1ccccc1-c1cccc(C2(c3cccc(-c4cn5ccccc5n4)c3)c3ccccc3-c3ccccc32)n1. The molecule has 0 saturated heterocycles. The lowest BCUT2D eigenvalue weighted by Gasteiger charge is -2.33. The number of phenols is 1. The van der Waals surface area contributed by atoms with Crippen LogP contribution in [0, 0.1) is 0 Å². The van der Waals surface area contributed by atoms with Crippen LogP contribution in [-0.4, -0.2) is 19.5 Å². The van der Waals surface area contributed by atoms with Gasteiger partial charge in [-0.2, -0.15) is 0 Å². The van der Waals surface area contributed by atoms with Gasteiger partial charge in [-0.05, 0) is 70.3 Å². The van der Waals surface area contributed by atoms with Crippen LogP contribution < -0.4 is 0 Å². The molecule has 1 N–H and O–H groups in total. The fraction of sp³-hybridized carbons (Fsp3) is 0.0270. The summed E-state index contributed by atoms with van der Waals surface area (Å²) in [5.74, 6) is 0.215. The number of pyridine rings is 2. The Morgan fingerprint density at radius 3 is 2.00 bits per heavy atom. The summed E-state index contributed by atoms with van der Waals surface area (Å²) in [6.45, 7) is 0. The zero-order chi connectivity index (χ0) is 27.4. The summed E-state index contributed by atoms with van der Waals surface area (Å²) >= 11 is 0. The number of imidazole rings is 1. The number of rotatable bonds is 4. The van der Waals surface area contributed by atoms with Crippen molar-refractivity contribution in [2.24, 2.45) is 0 Å². The molecule has 7 aromatic rings. The average molecular weight is 528 g/mol. The van der Waals surface area contributed by atoms with Crippen molar-refractivity contribution >= 4 is 5.65 Å². The lowest BCUT2D eigenvalue weighted by molar-refractivity contribution is 0.477. The molecule has 1 aliphatic rings. The third kappa shape index (κ3) is 3.47. The number of hydrogen-bond acceptors (Lipinski definition) is 3. The molecular weight excluding hydrogens is 502 g/mol. The Hall–Kier alpha value is -5.48. The number of nitrogens with zero attached hydrogens (tertiary/aromatic N) is 3. The van der Waals surface area contributed by atoms with Crippen LogP contribution in [0.5, 0.6) is 5.75 Å². The normalized spacial score (nSPS) is 13.2. The largest absolute Gasteiger partial charge is 0.507 e. The first-order chi connectivity index (χ1) is 20.2. The summed E-state index contributed by atoms with van der Waals surface area (Å²) in [5, 5.41) is 10.7. The Bertz CT molecular complexity index is 2010. The number of para-hydroxylation sites is 1. The summed E-state index contributed by atoms with van der Waals surface area (Å²) in [6.07, 6.45) is 4.10. The van der Waals surface area contributed by atoms with Crippen LogP contribution in [0.25, 0.3) is 39.3 Å². The van der Waals surface area contributed by atoms with E-state index in [0.29, 0.717) is 5.56 Å². The molecular formula is C37H25N3O. The predicted molar refractivity (Wildman–Crippen MR) is 163 cm³/mol. The number of aromatic hydroxyl groups is 1. The number of aromatic nitrogens is 3. The van der Waals surface area contributed by atoms with Gasteiger partial charge in [0.05, 0.1) is 22.5 Å². The van der Waals surface area contributed by atoms with E-state index in [4.69, 9.17) is 9.97 Å². The summed E-state index contributed by atoms with van der Waals surface area (Å²) < 4.78 is 2.05. The molecule has 41 heavy (non-hydrogen) atoms. The van der Waals surface area contributed by atoms with Crippen LogP contribution in [0.4, 0.5) is 0 Å². The smallest absolute Gasteiger partial charge is 0.137 e. The first-order valence-corrected chi connectivity index (χ1v) is 13.7. The van der Waals surface area contributed by atoms with Gasteiger partial charge in [-0.1, -0.05) is 91.0 Å². The van der Waals surface area contributed by atoms with Gasteiger partial charge in [-0.3, -0.25) is 4.98 Å². The number of phenolic OH excluding ortho intramolecular Hbond substituents is 1. The molecule has 0 aliphatic heterocycles. The highest BCUT2D eigenvalue weighted by atomic mass is 16.3. The molecule has 0 fully saturated rings. The molecule has 0 atom stereocenters. The van der Waals surface area contributed by atoms with Crippen LogP contribution in [-0.2, 0) is 5.41 Å². The number of hydrogen-bond donors (Lipinski definition) is 1. The first kappa shape index (κ1) is 23.4. The Balaban J connectivity index is 1.43. The van der Waals surface area contributed by atoms with Gasteiger partial charge in [-0.15, -0.1) is 0 Å². The molecule has 194 valence electrons. The maximum atomic E-state index is 10.7. The lowest BCUT2D eigenvalue weighted by atomic mass is 9.69. The number of fused-ring (bicyclic) bond motifs is 4. The van der Waals surface area contributed by atoms with E-state index in [9.17, 15) is 5.11 Å². The van der Waals surface area contributed by atoms with E-state index in [2.05, 4.69) is 89.5 Å². The molecule has 3 aromatic heterocycles. The Kier molecular flexibility index (Phi) is 5.16. The van der Waals surface area contributed by atoms with Gasteiger partial charge in [0.2, 0.25) is 0 Å². The van der Waals surface area contributed by atoms with Crippen LogP contribution in [0.1, 0.15) is 22.4 Å². The van der Waals surface area contributed by atoms with Crippen LogP contribution in [0.3, 0.4) is 0 Å². The van der Waals surface area contributed by atoms with Crippen LogP contribution in [0.2, 0.25) is 0 Å². The molecule has 3 heterocycles. The third-order valence-electron chi connectivity index (χ3n) is 8.22. The summed E-state index contributed by atoms with van der Waals surface area (Å²) in [5.41, 5.74) is 10.5. The van der Waals surface area contributed by atoms with Gasteiger partial charge in [0.15, 0.2) is 0 Å². The second-order valence-electron chi connectivity index (χ2n) is 10.4. The first-order valence-electron chi connectivity index (χ1n) is 13.7. The second kappa shape index (κ2) is 9.04. The molecule has 0 amide bonds. The Labute approximate surface area is 237 Å². The van der Waals surface area contributed by atoms with Crippen molar-refractivity contribution in [2.75, 3.05) is 0 Å². The Morgan fingerprint density at radius 2 is 1.24 bits per heavy atom. The van der Waals surface area contributed by atoms with E-state index in [1.807, 2.05) is 54.7 Å². The maximum Gasteiger partial charge on any atom is 0.137 e. The van der Waals surface area contributed by atoms with Gasteiger partial charge >= 0.3 is 0 Å². The summed E-state index contributed by atoms with van der Waals surface area (Å²) in [4.78, 5) is 10.2. The lowest BCUT2D eigenvalue weighted by Crippen LogP contribution is -2.30. The van der Waals surface area contributed by atoms with Crippen LogP contribution in [0.15, 0.2) is 146 Å². The zero-order valence-electron chi connectivity index (χ0n) is 22.1. The van der Waals surface area contributed by atoms with Gasteiger partial charge < -0.3 is 9.51 Å². The van der Waals surface area contributed by atoms with E-state index in [-0.39, 0.29) is 5.75 Å². The van der Waals surface area contributed by atoms with E-state index in [1.165, 1.54) is 22.3 Å². The van der Waals surface area contributed by atoms with Crippen molar-refractivity contribution < 1.29 is 5.11 Å². The van der Waals surface area contributed by atoms with Gasteiger partial charge in [0.25, 0.3) is 0 Å². The zero-order valence-corrected chi connectivity index (χ0v) is 22.1. The minimum Gasteiger partial charge on any atom is -0.507 e. The molecule has 4 heteroatoms. The molecule has 1 aliphatic carbocycles. The Morgan fingerprint density at radius 1 is 0.561 bits per heavy atom. The minimum absolute atomic E-state index is 0.215. The highest BCUT2D eigenvalue weighted by molar-refractivity contribution is 5.86. The van der Waals surface area contributed by atoms with Crippen molar-refractivity contribution in [1.29, 1.82) is 0 Å². The predicted octanol–water partition coefficient (Wildman–Crippen LogP) is 8.13. The molecule has 0 bridgehead atoms. The van der Waals surface area contributed by atoms with Crippen LogP contribution >= 0.6 is 0 Å². The third-order valence-corrected chi connectivity index (χ3v) is 8.22. The van der Waals surface area contributed by atoms with E-state index in [1.54, 1.807) is 6.07 Å². The minimum atomic E-state index is -0.664. The van der Waals surface area contributed by atoms with Crippen molar-refractivity contribution in [3.8, 4) is 39.4 Å². The van der Waals surface area contributed by atoms with E-state index < -0.39 is 5.41 Å². The highest BCUT2D eigenvalue weighted by Gasteiger charge is 2.47. The monoisotopic (exact) mass is 527 g/mol. The summed E-state index contributed by atoms with van der Waals surface area (Å²) in [7, 11) is 0. The maximum absolute atomic E-state index is 10.7. The van der Waals surface area contributed by atoms with Gasteiger partial charge in [0.1, 0.15) is 11.4 Å². The van der Waals surface area contributed by atoms with E-state index >= 15 is 0 Å². The fourth-order valence-corrected chi connectivity index (χ4v) is 6.44. The van der Waals surface area contributed by atoms with Gasteiger partial charge in [0, 0.05) is 23.5 Å². The van der Waals surface area contributed by atoms with Crippen molar-refractivity contribution in [1.82, 2.24) is 14.4 Å². The molecule has 0 unspecified atom stereocenters. The fourth-order valence-electron chi connectivity index (χ4n) is 6.44. The molecule has 0 spiro atoms.